The smallest absolute Gasteiger partial charge is 0.222 e. The maximum atomic E-state index is 13.7. The second-order valence-corrected chi connectivity index (χ2v) is 5.42. The van der Waals surface area contributed by atoms with E-state index in [2.05, 4.69) is 0 Å². The number of carbonyl (C=O) groups is 1. The lowest BCUT2D eigenvalue weighted by Gasteiger charge is -2.36. The van der Waals surface area contributed by atoms with Crippen LogP contribution in [0, 0.1) is 11.7 Å². The van der Waals surface area contributed by atoms with Crippen molar-refractivity contribution in [2.75, 3.05) is 31.1 Å². The minimum atomic E-state index is -0.190. The van der Waals surface area contributed by atoms with Crippen LogP contribution in [0.1, 0.15) is 20.3 Å². The first-order valence-corrected chi connectivity index (χ1v) is 6.85. The first-order chi connectivity index (χ1) is 9.08. The summed E-state index contributed by atoms with van der Waals surface area (Å²) in [5.74, 6) is 0.407. The molecule has 4 heteroatoms. The van der Waals surface area contributed by atoms with Crippen LogP contribution in [0.4, 0.5) is 10.1 Å². The lowest BCUT2D eigenvalue weighted by molar-refractivity contribution is -0.132. The molecule has 19 heavy (non-hydrogen) atoms. The number of hydrogen-bond acceptors (Lipinski definition) is 2. The van der Waals surface area contributed by atoms with Crippen molar-refractivity contribution in [3.63, 3.8) is 0 Å². The molecule has 1 aliphatic heterocycles. The van der Waals surface area contributed by atoms with Crippen LogP contribution < -0.4 is 4.90 Å². The van der Waals surface area contributed by atoms with Crippen LogP contribution in [-0.4, -0.2) is 37.0 Å². The Hall–Kier alpha value is -1.58. The highest BCUT2D eigenvalue weighted by molar-refractivity contribution is 5.76. The van der Waals surface area contributed by atoms with E-state index < -0.39 is 0 Å². The highest BCUT2D eigenvalue weighted by Crippen LogP contribution is 2.20. The first kappa shape index (κ1) is 13.8. The fourth-order valence-electron chi connectivity index (χ4n) is 2.38. The number of piperazine rings is 1. The molecule has 0 spiro atoms. The Balaban J connectivity index is 1.93. The molecule has 1 saturated heterocycles. The Bertz CT molecular complexity index is 440. The van der Waals surface area contributed by atoms with Gasteiger partial charge in [-0.3, -0.25) is 4.79 Å². The Labute approximate surface area is 114 Å². The summed E-state index contributed by atoms with van der Waals surface area (Å²) in [5, 5.41) is 0. The molecule has 1 fully saturated rings. The zero-order valence-electron chi connectivity index (χ0n) is 11.6. The van der Waals surface area contributed by atoms with Gasteiger partial charge in [0.2, 0.25) is 5.91 Å². The van der Waals surface area contributed by atoms with Crippen molar-refractivity contribution < 1.29 is 9.18 Å². The lowest BCUT2D eigenvalue weighted by Crippen LogP contribution is -2.49. The number of nitrogens with zero attached hydrogens (tertiary/aromatic N) is 2. The van der Waals surface area contributed by atoms with Crippen molar-refractivity contribution in [1.82, 2.24) is 4.90 Å². The molecule has 1 amide bonds. The van der Waals surface area contributed by atoms with Crippen LogP contribution >= 0.6 is 0 Å². The summed E-state index contributed by atoms with van der Waals surface area (Å²) in [7, 11) is 0. The molecule has 1 aromatic carbocycles. The molecule has 0 saturated carbocycles. The monoisotopic (exact) mass is 264 g/mol. The van der Waals surface area contributed by atoms with Gasteiger partial charge < -0.3 is 9.80 Å². The van der Waals surface area contributed by atoms with Crippen LogP contribution in [0.25, 0.3) is 0 Å². The summed E-state index contributed by atoms with van der Waals surface area (Å²) in [6.07, 6.45) is 0.597. The van der Waals surface area contributed by atoms with Gasteiger partial charge >= 0.3 is 0 Å². The van der Waals surface area contributed by atoms with E-state index in [1.807, 2.05) is 29.7 Å². The largest absolute Gasteiger partial charge is 0.366 e. The van der Waals surface area contributed by atoms with Crippen molar-refractivity contribution in [2.45, 2.75) is 20.3 Å². The van der Waals surface area contributed by atoms with Crippen molar-refractivity contribution >= 4 is 11.6 Å². The van der Waals surface area contributed by atoms with Gasteiger partial charge in [-0.25, -0.2) is 4.39 Å². The van der Waals surface area contributed by atoms with E-state index in [0.717, 1.165) is 0 Å². The Morgan fingerprint density at radius 1 is 1.21 bits per heavy atom. The van der Waals surface area contributed by atoms with E-state index in [1.165, 1.54) is 6.07 Å². The van der Waals surface area contributed by atoms with E-state index in [0.29, 0.717) is 44.2 Å². The molecule has 0 aliphatic carbocycles. The zero-order valence-corrected chi connectivity index (χ0v) is 11.6. The first-order valence-electron chi connectivity index (χ1n) is 6.85. The van der Waals surface area contributed by atoms with Gasteiger partial charge in [-0.05, 0) is 18.1 Å². The van der Waals surface area contributed by atoms with E-state index in [-0.39, 0.29) is 11.7 Å². The van der Waals surface area contributed by atoms with E-state index in [4.69, 9.17) is 0 Å². The standard InChI is InChI=1S/C15H21FN2O/c1-12(2)11-15(19)18-9-7-17(8-10-18)14-6-4-3-5-13(14)16/h3-6,12H,7-11H2,1-2H3. The molecule has 1 aromatic rings. The molecular formula is C15H21FN2O. The van der Waals surface area contributed by atoms with Crippen LogP contribution in [0.5, 0.6) is 0 Å². The number of halogens is 1. The second kappa shape index (κ2) is 6.04. The topological polar surface area (TPSA) is 23.6 Å². The van der Waals surface area contributed by atoms with Gasteiger partial charge in [0.25, 0.3) is 0 Å². The fraction of sp³-hybridized carbons (Fsp3) is 0.533. The normalized spacial score (nSPS) is 16.0. The number of amides is 1. The summed E-state index contributed by atoms with van der Waals surface area (Å²) in [4.78, 5) is 15.8. The molecule has 1 heterocycles. The molecule has 1 aliphatic rings. The molecule has 104 valence electrons. The highest BCUT2D eigenvalue weighted by Gasteiger charge is 2.22. The van der Waals surface area contributed by atoms with Crippen molar-refractivity contribution in [3.8, 4) is 0 Å². The second-order valence-electron chi connectivity index (χ2n) is 5.42. The highest BCUT2D eigenvalue weighted by atomic mass is 19.1. The third kappa shape index (κ3) is 3.46. The average molecular weight is 264 g/mol. The molecular weight excluding hydrogens is 243 g/mol. The molecule has 0 bridgehead atoms. The molecule has 0 N–H and O–H groups in total. The maximum Gasteiger partial charge on any atom is 0.222 e. The van der Waals surface area contributed by atoms with Crippen LogP contribution in [0.2, 0.25) is 0 Å². The molecule has 0 atom stereocenters. The molecule has 0 aromatic heterocycles. The van der Waals surface area contributed by atoms with Crippen LogP contribution in [0.15, 0.2) is 24.3 Å². The lowest BCUT2D eigenvalue weighted by atomic mass is 10.1. The van der Waals surface area contributed by atoms with Crippen molar-refractivity contribution in [2.24, 2.45) is 5.92 Å². The average Bonchev–Trinajstić information content (AvgIpc) is 2.39. The van der Waals surface area contributed by atoms with Gasteiger partial charge in [0.05, 0.1) is 5.69 Å². The third-order valence-corrected chi connectivity index (χ3v) is 3.41. The number of rotatable bonds is 3. The predicted molar refractivity (Wildman–Crippen MR) is 74.6 cm³/mol. The van der Waals surface area contributed by atoms with E-state index in [1.54, 1.807) is 12.1 Å². The summed E-state index contributed by atoms with van der Waals surface area (Å²) in [6, 6.07) is 6.81. The Morgan fingerprint density at radius 2 is 1.84 bits per heavy atom. The molecule has 2 rings (SSSR count). The zero-order chi connectivity index (χ0) is 13.8. The van der Waals surface area contributed by atoms with Gasteiger partial charge in [0, 0.05) is 32.6 Å². The molecule has 0 radical (unpaired) electrons. The quantitative estimate of drug-likeness (QED) is 0.837. The van der Waals surface area contributed by atoms with Gasteiger partial charge in [0.15, 0.2) is 0 Å². The van der Waals surface area contributed by atoms with Crippen LogP contribution in [0.3, 0.4) is 0 Å². The SMILES string of the molecule is CC(C)CC(=O)N1CCN(c2ccccc2F)CC1. The third-order valence-electron chi connectivity index (χ3n) is 3.41. The number of anilines is 1. The van der Waals surface area contributed by atoms with E-state index in [9.17, 15) is 9.18 Å². The van der Waals surface area contributed by atoms with Crippen molar-refractivity contribution in [1.29, 1.82) is 0 Å². The van der Waals surface area contributed by atoms with Gasteiger partial charge in [-0.2, -0.15) is 0 Å². The molecule has 3 nitrogen and oxygen atoms in total. The number of hydrogen-bond donors (Lipinski definition) is 0. The predicted octanol–water partition coefficient (Wildman–Crippen LogP) is 2.52. The number of carbonyl (C=O) groups excluding carboxylic acids is 1. The summed E-state index contributed by atoms with van der Waals surface area (Å²) in [6.45, 7) is 6.86. The summed E-state index contributed by atoms with van der Waals surface area (Å²) in [5.41, 5.74) is 0.637. The Kier molecular flexibility index (Phi) is 4.40. The number of benzene rings is 1. The summed E-state index contributed by atoms with van der Waals surface area (Å²) < 4.78 is 13.7. The van der Waals surface area contributed by atoms with E-state index >= 15 is 0 Å². The Morgan fingerprint density at radius 3 is 2.42 bits per heavy atom. The summed E-state index contributed by atoms with van der Waals surface area (Å²) >= 11 is 0. The number of para-hydroxylation sites is 1. The van der Waals surface area contributed by atoms with Gasteiger partial charge in [0.1, 0.15) is 5.82 Å². The van der Waals surface area contributed by atoms with Gasteiger partial charge in [-0.15, -0.1) is 0 Å². The fourth-order valence-corrected chi connectivity index (χ4v) is 2.38. The van der Waals surface area contributed by atoms with Crippen molar-refractivity contribution in [3.05, 3.63) is 30.1 Å². The van der Waals surface area contributed by atoms with Gasteiger partial charge in [-0.1, -0.05) is 26.0 Å². The minimum absolute atomic E-state index is 0.190. The minimum Gasteiger partial charge on any atom is -0.366 e. The van der Waals surface area contributed by atoms with Crippen LogP contribution in [-0.2, 0) is 4.79 Å². The molecule has 0 unspecified atom stereocenters. The maximum absolute atomic E-state index is 13.7.